The van der Waals surface area contributed by atoms with E-state index in [0.29, 0.717) is 4.08 Å². The molecule has 3 aliphatic heterocycles. The van der Waals surface area contributed by atoms with Gasteiger partial charge in [0.1, 0.15) is 0 Å². The van der Waals surface area contributed by atoms with Gasteiger partial charge in [-0.2, -0.15) is 0 Å². The summed E-state index contributed by atoms with van der Waals surface area (Å²) in [5, 5.41) is 0. The quantitative estimate of drug-likeness (QED) is 0.624. The molecule has 0 atom stereocenters. The second-order valence-corrected chi connectivity index (χ2v) is 9.30. The molecule has 3 fully saturated rings. The van der Waals surface area contributed by atoms with Crippen molar-refractivity contribution in [3.63, 3.8) is 0 Å². The SMILES string of the molecule is C1CSC(CCCCC2OCCO2)(CCC2OCCO2)SC1. The van der Waals surface area contributed by atoms with E-state index in [1.165, 1.54) is 43.6 Å². The van der Waals surface area contributed by atoms with Crippen molar-refractivity contribution in [2.45, 2.75) is 61.6 Å². The highest BCUT2D eigenvalue weighted by Gasteiger charge is 2.34. The van der Waals surface area contributed by atoms with Crippen LogP contribution in [-0.4, -0.2) is 54.6 Å². The molecule has 0 saturated carbocycles. The van der Waals surface area contributed by atoms with Gasteiger partial charge in [0, 0.05) is 6.42 Å². The molecule has 3 saturated heterocycles. The Bertz CT molecular complexity index is 311. The first kappa shape index (κ1) is 17.4. The van der Waals surface area contributed by atoms with Crippen molar-refractivity contribution in [1.82, 2.24) is 0 Å². The molecule has 0 bridgehead atoms. The van der Waals surface area contributed by atoms with E-state index in [1.54, 1.807) is 0 Å². The molecule has 0 radical (unpaired) electrons. The van der Waals surface area contributed by atoms with E-state index in [9.17, 15) is 0 Å². The lowest BCUT2D eigenvalue weighted by molar-refractivity contribution is -0.0490. The highest BCUT2D eigenvalue weighted by Crippen LogP contribution is 2.49. The van der Waals surface area contributed by atoms with Gasteiger partial charge in [-0.05, 0) is 43.6 Å². The Morgan fingerprint density at radius 3 is 1.95 bits per heavy atom. The van der Waals surface area contributed by atoms with Crippen LogP contribution in [-0.2, 0) is 18.9 Å². The van der Waals surface area contributed by atoms with E-state index >= 15 is 0 Å². The fraction of sp³-hybridized carbons (Fsp3) is 1.00. The van der Waals surface area contributed by atoms with Crippen LogP contribution in [0.4, 0.5) is 0 Å². The Labute approximate surface area is 142 Å². The third-order valence-electron chi connectivity index (χ3n) is 4.41. The molecule has 0 N–H and O–H groups in total. The van der Waals surface area contributed by atoms with Gasteiger partial charge < -0.3 is 18.9 Å². The number of thioether (sulfide) groups is 2. The third kappa shape index (κ3) is 5.28. The lowest BCUT2D eigenvalue weighted by Crippen LogP contribution is -2.27. The summed E-state index contributed by atoms with van der Waals surface area (Å²) < 4.78 is 22.6. The van der Waals surface area contributed by atoms with Crippen LogP contribution in [0.15, 0.2) is 0 Å². The van der Waals surface area contributed by atoms with Crippen molar-refractivity contribution in [2.24, 2.45) is 0 Å². The van der Waals surface area contributed by atoms with Gasteiger partial charge in [-0.3, -0.25) is 0 Å². The van der Waals surface area contributed by atoms with Crippen LogP contribution < -0.4 is 0 Å². The summed E-state index contributed by atoms with van der Waals surface area (Å²) in [7, 11) is 0. The molecule has 0 aromatic carbocycles. The molecular weight excluding hydrogens is 320 g/mol. The Balaban J connectivity index is 1.39. The van der Waals surface area contributed by atoms with Gasteiger partial charge in [0.2, 0.25) is 0 Å². The van der Waals surface area contributed by atoms with E-state index in [-0.39, 0.29) is 12.6 Å². The Morgan fingerprint density at radius 2 is 1.32 bits per heavy atom. The second-order valence-electron chi connectivity index (χ2n) is 6.09. The molecule has 0 unspecified atom stereocenters. The summed E-state index contributed by atoms with van der Waals surface area (Å²) in [6.45, 7) is 3.06. The zero-order valence-electron chi connectivity index (χ0n) is 13.3. The van der Waals surface area contributed by atoms with Gasteiger partial charge in [-0.1, -0.05) is 6.42 Å². The van der Waals surface area contributed by atoms with Crippen LogP contribution in [0.5, 0.6) is 0 Å². The van der Waals surface area contributed by atoms with Crippen LogP contribution in [0.1, 0.15) is 44.9 Å². The van der Waals surface area contributed by atoms with Crippen LogP contribution >= 0.6 is 23.5 Å². The molecule has 0 aliphatic carbocycles. The monoisotopic (exact) mass is 348 g/mol. The van der Waals surface area contributed by atoms with E-state index in [0.717, 1.165) is 39.3 Å². The van der Waals surface area contributed by atoms with Gasteiger partial charge in [0.15, 0.2) is 12.6 Å². The maximum absolute atomic E-state index is 5.61. The first-order valence-corrected chi connectivity index (χ1v) is 10.6. The van der Waals surface area contributed by atoms with Gasteiger partial charge in [0.25, 0.3) is 0 Å². The van der Waals surface area contributed by atoms with Crippen LogP contribution in [0.2, 0.25) is 0 Å². The van der Waals surface area contributed by atoms with Crippen molar-refractivity contribution in [2.75, 3.05) is 37.9 Å². The minimum atomic E-state index is 0.0419. The summed E-state index contributed by atoms with van der Waals surface area (Å²) in [4.78, 5) is 0. The molecule has 6 heteroatoms. The number of rotatable bonds is 8. The molecular formula is C16H28O4S2. The first-order valence-electron chi connectivity index (χ1n) is 8.61. The molecule has 0 spiro atoms. The highest BCUT2D eigenvalue weighted by atomic mass is 32.2. The molecule has 3 heterocycles. The number of hydrogen-bond acceptors (Lipinski definition) is 6. The number of ether oxygens (including phenoxy) is 4. The Kier molecular flexibility index (Phi) is 7.21. The summed E-state index contributed by atoms with van der Waals surface area (Å²) in [5.74, 6) is 2.60. The largest absolute Gasteiger partial charge is 0.350 e. The second kappa shape index (κ2) is 9.14. The fourth-order valence-electron chi connectivity index (χ4n) is 3.22. The standard InChI is InChI=1S/C16H28O4S2/c1(4-14-17-8-9-18-14)2-6-16(21-12-3-13-22-16)7-5-15-19-10-11-20-15/h14-15H,1-13H2. The Hall–Kier alpha value is 0.540. The maximum atomic E-state index is 5.61. The summed E-state index contributed by atoms with van der Waals surface area (Å²) in [6.07, 6.45) is 8.46. The van der Waals surface area contributed by atoms with Crippen LogP contribution in [0, 0.1) is 0 Å². The van der Waals surface area contributed by atoms with E-state index in [2.05, 4.69) is 23.5 Å². The molecule has 0 amide bonds. The first-order chi connectivity index (χ1) is 10.9. The van der Waals surface area contributed by atoms with Gasteiger partial charge in [-0.15, -0.1) is 23.5 Å². The van der Waals surface area contributed by atoms with Crippen molar-refractivity contribution in [3.05, 3.63) is 0 Å². The predicted octanol–water partition coefficient (Wildman–Crippen LogP) is 3.64. The van der Waals surface area contributed by atoms with Crippen molar-refractivity contribution >= 4 is 23.5 Å². The molecule has 128 valence electrons. The Morgan fingerprint density at radius 1 is 0.727 bits per heavy atom. The topological polar surface area (TPSA) is 36.9 Å². The summed E-state index contributed by atoms with van der Waals surface area (Å²) in [6, 6.07) is 0. The molecule has 0 aromatic rings. The lowest BCUT2D eigenvalue weighted by Gasteiger charge is -2.37. The average molecular weight is 349 g/mol. The van der Waals surface area contributed by atoms with E-state index in [1.807, 2.05) is 0 Å². The zero-order chi connectivity index (χ0) is 15.1. The van der Waals surface area contributed by atoms with Crippen LogP contribution in [0.3, 0.4) is 0 Å². The van der Waals surface area contributed by atoms with Gasteiger partial charge in [0.05, 0.1) is 30.5 Å². The third-order valence-corrected chi connectivity index (χ3v) is 7.97. The van der Waals surface area contributed by atoms with Gasteiger partial charge >= 0.3 is 0 Å². The number of hydrogen-bond donors (Lipinski definition) is 0. The molecule has 22 heavy (non-hydrogen) atoms. The number of unbranched alkanes of at least 4 members (excludes halogenated alkanes) is 1. The molecule has 0 aromatic heterocycles. The van der Waals surface area contributed by atoms with Crippen molar-refractivity contribution in [3.8, 4) is 0 Å². The van der Waals surface area contributed by atoms with E-state index in [4.69, 9.17) is 18.9 Å². The minimum Gasteiger partial charge on any atom is -0.350 e. The zero-order valence-corrected chi connectivity index (χ0v) is 14.9. The molecule has 4 nitrogen and oxygen atoms in total. The summed E-state index contributed by atoms with van der Waals surface area (Å²) in [5.41, 5.74) is 0. The predicted molar refractivity (Wildman–Crippen MR) is 91.4 cm³/mol. The van der Waals surface area contributed by atoms with Gasteiger partial charge in [-0.25, -0.2) is 0 Å². The van der Waals surface area contributed by atoms with Crippen molar-refractivity contribution < 1.29 is 18.9 Å². The lowest BCUT2D eigenvalue weighted by atomic mass is 10.1. The highest BCUT2D eigenvalue weighted by molar-refractivity contribution is 8.18. The van der Waals surface area contributed by atoms with Crippen molar-refractivity contribution in [1.29, 1.82) is 0 Å². The minimum absolute atomic E-state index is 0.0419. The smallest absolute Gasteiger partial charge is 0.157 e. The summed E-state index contributed by atoms with van der Waals surface area (Å²) >= 11 is 4.33. The van der Waals surface area contributed by atoms with Crippen LogP contribution in [0.25, 0.3) is 0 Å². The normalized spacial score (nSPS) is 26.7. The average Bonchev–Trinajstić information content (AvgIpc) is 3.24. The van der Waals surface area contributed by atoms with E-state index < -0.39 is 0 Å². The molecule has 3 aliphatic rings. The molecule has 3 rings (SSSR count). The maximum Gasteiger partial charge on any atom is 0.157 e. The fourth-order valence-corrected chi connectivity index (χ4v) is 6.66.